The fourth-order valence-corrected chi connectivity index (χ4v) is 1.69. The van der Waals surface area contributed by atoms with Gasteiger partial charge in [0.25, 0.3) is 0 Å². The Hall–Kier alpha value is -0.850. The lowest BCUT2D eigenvalue weighted by Crippen LogP contribution is -2.47. The highest BCUT2D eigenvalue weighted by Gasteiger charge is 2.08. The molecule has 96 valence electrons. The first kappa shape index (κ1) is 15.2. The summed E-state index contributed by atoms with van der Waals surface area (Å²) in [6.07, 6.45) is 5.35. The molecule has 0 rings (SSSR count). The van der Waals surface area contributed by atoms with Gasteiger partial charge < -0.3 is 5.73 Å². The summed E-state index contributed by atoms with van der Waals surface area (Å²) >= 11 is 0. The van der Waals surface area contributed by atoms with Crippen LogP contribution in [0.25, 0.3) is 0 Å². The van der Waals surface area contributed by atoms with Gasteiger partial charge in [0.05, 0.1) is 0 Å². The van der Waals surface area contributed by atoms with Gasteiger partial charge in [0.15, 0.2) is 0 Å². The van der Waals surface area contributed by atoms with Gasteiger partial charge in [0.2, 0.25) is 0 Å². The maximum atomic E-state index is 10.9. The lowest BCUT2D eigenvalue weighted by molar-refractivity contribution is 0.197. The molecule has 6 heteroatoms. The summed E-state index contributed by atoms with van der Waals surface area (Å²) in [5, 5.41) is 1.09. The Kier molecular flexibility index (Phi) is 8.88. The molecule has 0 aliphatic heterocycles. The summed E-state index contributed by atoms with van der Waals surface area (Å²) in [7, 11) is 0. The molecule has 0 aliphatic rings. The van der Waals surface area contributed by atoms with Crippen molar-refractivity contribution < 1.29 is 4.79 Å². The number of nitrogens with two attached hydrogens (primary N) is 3. The number of carbonyl (C=O) groups excluding carboxylic acids is 1. The van der Waals surface area contributed by atoms with Gasteiger partial charge in [-0.15, -0.1) is 0 Å². The number of hydrogen-bond donors (Lipinski definition) is 4. The molecule has 0 spiro atoms. The van der Waals surface area contributed by atoms with Crippen LogP contribution in [0.5, 0.6) is 0 Å². The van der Waals surface area contributed by atoms with Crippen molar-refractivity contribution in [1.82, 2.24) is 10.4 Å². The highest BCUT2D eigenvalue weighted by atomic mass is 16.2. The van der Waals surface area contributed by atoms with E-state index < -0.39 is 6.03 Å². The van der Waals surface area contributed by atoms with Gasteiger partial charge in [-0.3, -0.25) is 10.4 Å². The summed E-state index contributed by atoms with van der Waals surface area (Å²) in [6.45, 7) is 3.42. The molecule has 0 saturated heterocycles. The molecule has 0 aromatic carbocycles. The number of hydrogen-bond acceptors (Lipinski definition) is 4. The first-order valence-corrected chi connectivity index (χ1v) is 5.88. The number of rotatable bonds is 8. The molecule has 0 aliphatic carbocycles. The zero-order chi connectivity index (χ0) is 12.4. The van der Waals surface area contributed by atoms with E-state index in [0.717, 1.165) is 30.8 Å². The predicted molar refractivity (Wildman–Crippen MR) is 64.9 cm³/mol. The third-order valence-electron chi connectivity index (χ3n) is 2.68. The van der Waals surface area contributed by atoms with E-state index in [1.165, 1.54) is 12.8 Å². The maximum absolute atomic E-state index is 10.9. The van der Waals surface area contributed by atoms with Crippen LogP contribution in [0, 0.1) is 5.92 Å². The lowest BCUT2D eigenvalue weighted by atomic mass is 9.97. The smallest absolute Gasteiger partial charge is 0.330 e. The van der Waals surface area contributed by atoms with Crippen LogP contribution in [0.2, 0.25) is 0 Å². The Morgan fingerprint density at radius 3 is 2.56 bits per heavy atom. The van der Waals surface area contributed by atoms with E-state index in [9.17, 15) is 4.79 Å². The van der Waals surface area contributed by atoms with E-state index in [4.69, 9.17) is 17.4 Å². The summed E-state index contributed by atoms with van der Waals surface area (Å²) in [4.78, 5) is 10.9. The monoisotopic (exact) mass is 231 g/mol. The molecule has 0 heterocycles. The van der Waals surface area contributed by atoms with Crippen molar-refractivity contribution in [2.75, 3.05) is 13.1 Å². The van der Waals surface area contributed by atoms with Crippen molar-refractivity contribution >= 4 is 6.03 Å². The zero-order valence-corrected chi connectivity index (χ0v) is 10.1. The van der Waals surface area contributed by atoms with Gasteiger partial charge in [0.1, 0.15) is 0 Å². The summed E-state index contributed by atoms with van der Waals surface area (Å²) in [6, 6.07) is -0.455. The molecule has 16 heavy (non-hydrogen) atoms. The van der Waals surface area contributed by atoms with Gasteiger partial charge in [-0.25, -0.2) is 16.5 Å². The fourth-order valence-electron chi connectivity index (χ4n) is 1.69. The number of nitrogens with one attached hydrogen (secondary N) is 1. The van der Waals surface area contributed by atoms with Crippen LogP contribution in [0.15, 0.2) is 0 Å². The second kappa shape index (κ2) is 9.38. The van der Waals surface area contributed by atoms with Crippen molar-refractivity contribution in [2.24, 2.45) is 23.3 Å². The van der Waals surface area contributed by atoms with Crippen molar-refractivity contribution in [3.63, 3.8) is 0 Å². The zero-order valence-electron chi connectivity index (χ0n) is 10.1. The van der Waals surface area contributed by atoms with Crippen LogP contribution in [0.3, 0.4) is 0 Å². The van der Waals surface area contributed by atoms with Crippen LogP contribution in [-0.4, -0.2) is 24.1 Å². The Morgan fingerprint density at radius 1 is 1.38 bits per heavy atom. The first-order valence-electron chi connectivity index (χ1n) is 5.88. The SMILES string of the molecule is CCCC(CN)CCCCN(N)C(=O)NN. The third-order valence-corrected chi connectivity index (χ3v) is 2.68. The molecule has 1 unspecified atom stereocenters. The second-order valence-corrected chi connectivity index (χ2v) is 4.03. The Morgan fingerprint density at radius 2 is 2.06 bits per heavy atom. The minimum absolute atomic E-state index is 0.455. The van der Waals surface area contributed by atoms with E-state index in [1.54, 1.807) is 0 Å². The van der Waals surface area contributed by atoms with E-state index in [0.29, 0.717) is 12.5 Å². The van der Waals surface area contributed by atoms with Crippen molar-refractivity contribution in [1.29, 1.82) is 0 Å². The number of hydrazine groups is 2. The molecule has 0 aromatic heterocycles. The molecular formula is C10H25N5O. The van der Waals surface area contributed by atoms with Crippen LogP contribution in [0.1, 0.15) is 39.0 Å². The van der Waals surface area contributed by atoms with E-state index in [1.807, 2.05) is 5.43 Å². The maximum Gasteiger partial charge on any atom is 0.345 e. The van der Waals surface area contributed by atoms with Crippen LogP contribution >= 0.6 is 0 Å². The number of nitrogens with zero attached hydrogens (tertiary/aromatic N) is 1. The average Bonchev–Trinajstić information content (AvgIpc) is 2.31. The number of unbranched alkanes of at least 4 members (excludes halogenated alkanes) is 1. The third kappa shape index (κ3) is 6.60. The van der Waals surface area contributed by atoms with Gasteiger partial charge in [0, 0.05) is 6.54 Å². The number of urea groups is 1. The molecule has 0 aromatic rings. The van der Waals surface area contributed by atoms with Gasteiger partial charge in [-0.2, -0.15) is 0 Å². The molecule has 7 N–H and O–H groups in total. The molecule has 0 radical (unpaired) electrons. The standard InChI is InChI=1S/C10H25N5O/c1-2-5-9(8-11)6-3-4-7-15(13)10(16)14-12/h9H,2-8,11-13H2,1H3,(H,14,16). The van der Waals surface area contributed by atoms with Crippen LogP contribution in [0.4, 0.5) is 4.79 Å². The lowest BCUT2D eigenvalue weighted by Gasteiger charge is -2.17. The molecular weight excluding hydrogens is 206 g/mol. The molecule has 2 amide bonds. The van der Waals surface area contributed by atoms with Crippen molar-refractivity contribution in [2.45, 2.75) is 39.0 Å². The Labute approximate surface area is 97.5 Å². The van der Waals surface area contributed by atoms with Crippen molar-refractivity contribution in [3.05, 3.63) is 0 Å². The normalized spacial score (nSPS) is 12.2. The number of amides is 2. The number of carbonyl (C=O) groups is 1. The predicted octanol–water partition coefficient (Wildman–Crippen LogP) is 0.291. The minimum Gasteiger partial charge on any atom is -0.330 e. The molecule has 0 bridgehead atoms. The Bertz CT molecular complexity index is 188. The van der Waals surface area contributed by atoms with Crippen molar-refractivity contribution in [3.8, 4) is 0 Å². The summed E-state index contributed by atoms with van der Waals surface area (Å²) in [5.74, 6) is 11.0. The topological polar surface area (TPSA) is 110 Å². The molecule has 1 atom stereocenters. The minimum atomic E-state index is -0.455. The second-order valence-electron chi connectivity index (χ2n) is 4.03. The molecule has 6 nitrogen and oxygen atoms in total. The largest absolute Gasteiger partial charge is 0.345 e. The van der Waals surface area contributed by atoms with E-state index >= 15 is 0 Å². The summed E-state index contributed by atoms with van der Waals surface area (Å²) < 4.78 is 0. The van der Waals surface area contributed by atoms with Crippen LogP contribution < -0.4 is 22.8 Å². The fraction of sp³-hybridized carbons (Fsp3) is 0.900. The molecule has 0 fully saturated rings. The van der Waals surface area contributed by atoms with Gasteiger partial charge >= 0.3 is 6.03 Å². The highest BCUT2D eigenvalue weighted by Crippen LogP contribution is 2.13. The Balaban J connectivity index is 3.54. The average molecular weight is 231 g/mol. The quantitative estimate of drug-likeness (QED) is 0.208. The van der Waals surface area contributed by atoms with Crippen LogP contribution in [-0.2, 0) is 0 Å². The first-order chi connectivity index (χ1) is 7.65. The summed E-state index contributed by atoms with van der Waals surface area (Å²) in [5.41, 5.74) is 7.64. The van der Waals surface area contributed by atoms with Gasteiger partial charge in [-0.1, -0.05) is 19.8 Å². The highest BCUT2D eigenvalue weighted by molar-refractivity contribution is 5.72. The van der Waals surface area contributed by atoms with E-state index in [2.05, 4.69) is 6.92 Å². The van der Waals surface area contributed by atoms with Gasteiger partial charge in [-0.05, 0) is 31.7 Å². The van der Waals surface area contributed by atoms with E-state index in [-0.39, 0.29) is 0 Å². The molecule has 0 saturated carbocycles.